The lowest BCUT2D eigenvalue weighted by molar-refractivity contribution is 0.111. The Morgan fingerprint density at radius 1 is 1.22 bits per heavy atom. The van der Waals surface area contributed by atoms with Gasteiger partial charge in [-0.1, -0.05) is 17.7 Å². The third-order valence-corrected chi connectivity index (χ3v) is 3.41. The van der Waals surface area contributed by atoms with E-state index in [9.17, 15) is 13.2 Å². The molecule has 0 aliphatic carbocycles. The van der Waals surface area contributed by atoms with E-state index in [1.54, 1.807) is 12.1 Å². The lowest BCUT2D eigenvalue weighted by Gasteiger charge is -2.06. The van der Waals surface area contributed by atoms with Gasteiger partial charge in [-0.3, -0.25) is 9.36 Å². The van der Waals surface area contributed by atoms with E-state index >= 15 is 0 Å². The number of benzene rings is 1. The molecule has 0 N–H and O–H groups in total. The number of hydrogen-bond acceptors (Lipinski definition) is 4. The number of carbonyl (C=O) groups excluding carboxylic acids is 1. The first-order valence-corrected chi connectivity index (χ1v) is 7.12. The molecular weight excluding hydrogens is 252 g/mol. The molecule has 1 heterocycles. The predicted octanol–water partition coefficient (Wildman–Crippen LogP) is 1.40. The minimum absolute atomic E-state index is 0.0935. The second-order valence-corrected chi connectivity index (χ2v) is 5.95. The number of imidazole rings is 1. The van der Waals surface area contributed by atoms with Crippen LogP contribution in [0.3, 0.4) is 0 Å². The Balaban J connectivity index is 2.66. The van der Waals surface area contributed by atoms with Gasteiger partial charge in [0.25, 0.3) is 0 Å². The van der Waals surface area contributed by atoms with E-state index in [1.165, 1.54) is 10.8 Å². The van der Waals surface area contributed by atoms with Gasteiger partial charge in [-0.15, -0.1) is 0 Å². The fourth-order valence-corrected chi connectivity index (χ4v) is 2.38. The van der Waals surface area contributed by atoms with Crippen molar-refractivity contribution in [2.75, 3.05) is 6.26 Å². The topological polar surface area (TPSA) is 69.0 Å². The fourth-order valence-electron chi connectivity index (χ4n) is 1.59. The number of aromatic nitrogens is 2. The van der Waals surface area contributed by atoms with Crippen molar-refractivity contribution in [1.29, 1.82) is 0 Å². The van der Waals surface area contributed by atoms with Crippen LogP contribution in [0, 0.1) is 6.92 Å². The monoisotopic (exact) mass is 264 g/mol. The summed E-state index contributed by atoms with van der Waals surface area (Å²) in [5, 5.41) is -0.131. The van der Waals surface area contributed by atoms with Crippen molar-refractivity contribution in [2.24, 2.45) is 0 Å². The number of aryl methyl sites for hydroxylation is 1. The van der Waals surface area contributed by atoms with Crippen LogP contribution in [0.1, 0.15) is 16.1 Å². The molecule has 1 aromatic heterocycles. The highest BCUT2D eigenvalue weighted by Crippen LogP contribution is 2.16. The smallest absolute Gasteiger partial charge is 0.232 e. The Labute approximate surface area is 105 Å². The zero-order valence-electron chi connectivity index (χ0n) is 9.99. The summed E-state index contributed by atoms with van der Waals surface area (Å²) in [7, 11) is -3.49. The molecule has 0 atom stereocenters. The standard InChI is InChI=1S/C12H12N2O3S/c1-9-3-5-11(6-4-9)14-7-10(8-15)13-12(14)18(2,16)17/h3-8H,1-2H3. The van der Waals surface area contributed by atoms with Gasteiger partial charge in [0, 0.05) is 18.1 Å². The van der Waals surface area contributed by atoms with E-state index in [2.05, 4.69) is 4.98 Å². The number of rotatable bonds is 3. The summed E-state index contributed by atoms with van der Waals surface area (Å²) in [6.45, 7) is 1.94. The zero-order chi connectivity index (χ0) is 13.3. The van der Waals surface area contributed by atoms with Crippen LogP contribution < -0.4 is 0 Å². The second kappa shape index (κ2) is 4.38. The van der Waals surface area contributed by atoms with E-state index in [0.29, 0.717) is 12.0 Å². The summed E-state index contributed by atoms with van der Waals surface area (Å²) < 4.78 is 24.6. The van der Waals surface area contributed by atoms with Gasteiger partial charge in [-0.25, -0.2) is 13.4 Å². The number of carbonyl (C=O) groups is 1. The van der Waals surface area contributed by atoms with Crippen molar-refractivity contribution < 1.29 is 13.2 Å². The van der Waals surface area contributed by atoms with Crippen LogP contribution >= 0.6 is 0 Å². The highest BCUT2D eigenvalue weighted by Gasteiger charge is 2.18. The van der Waals surface area contributed by atoms with Gasteiger partial charge >= 0.3 is 0 Å². The number of hydrogen-bond donors (Lipinski definition) is 0. The number of nitrogens with zero attached hydrogens (tertiary/aromatic N) is 2. The molecule has 0 fully saturated rings. The first-order chi connectivity index (χ1) is 8.41. The Hall–Kier alpha value is -1.95. The minimum atomic E-state index is -3.49. The van der Waals surface area contributed by atoms with E-state index < -0.39 is 9.84 Å². The number of sulfone groups is 1. The van der Waals surface area contributed by atoms with Crippen molar-refractivity contribution >= 4 is 16.1 Å². The van der Waals surface area contributed by atoms with Gasteiger partial charge in [0.15, 0.2) is 6.29 Å². The molecule has 18 heavy (non-hydrogen) atoms. The van der Waals surface area contributed by atoms with Crippen LogP contribution in [-0.4, -0.2) is 30.5 Å². The molecule has 0 saturated heterocycles. The van der Waals surface area contributed by atoms with Crippen LogP contribution in [0.4, 0.5) is 0 Å². The van der Waals surface area contributed by atoms with Gasteiger partial charge in [-0.05, 0) is 19.1 Å². The Morgan fingerprint density at radius 3 is 2.33 bits per heavy atom. The molecule has 0 aliphatic heterocycles. The van der Waals surface area contributed by atoms with Crippen molar-refractivity contribution in [2.45, 2.75) is 12.1 Å². The van der Waals surface area contributed by atoms with E-state index in [1.807, 2.05) is 19.1 Å². The molecule has 0 bridgehead atoms. The van der Waals surface area contributed by atoms with Crippen molar-refractivity contribution in [3.8, 4) is 5.69 Å². The zero-order valence-corrected chi connectivity index (χ0v) is 10.8. The Bertz CT molecular complexity index is 685. The quantitative estimate of drug-likeness (QED) is 0.786. The van der Waals surface area contributed by atoms with Crippen LogP contribution in [-0.2, 0) is 9.84 Å². The van der Waals surface area contributed by atoms with Crippen molar-refractivity contribution in [3.63, 3.8) is 0 Å². The molecule has 1 aromatic carbocycles. The largest absolute Gasteiger partial charge is 0.296 e. The molecular formula is C12H12N2O3S. The van der Waals surface area contributed by atoms with Gasteiger partial charge in [0.1, 0.15) is 5.69 Å². The lowest BCUT2D eigenvalue weighted by Crippen LogP contribution is -2.07. The van der Waals surface area contributed by atoms with Gasteiger partial charge in [0.2, 0.25) is 15.0 Å². The molecule has 2 rings (SSSR count). The molecule has 0 radical (unpaired) electrons. The summed E-state index contributed by atoms with van der Waals surface area (Å²) in [4.78, 5) is 14.5. The first-order valence-electron chi connectivity index (χ1n) is 5.23. The first kappa shape index (κ1) is 12.5. The van der Waals surface area contributed by atoms with Crippen molar-refractivity contribution in [3.05, 3.63) is 41.7 Å². The normalized spacial score (nSPS) is 11.4. The van der Waals surface area contributed by atoms with Crippen LogP contribution in [0.5, 0.6) is 0 Å². The molecule has 5 nitrogen and oxygen atoms in total. The number of aldehydes is 1. The van der Waals surface area contributed by atoms with Gasteiger partial charge in [0.05, 0.1) is 0 Å². The molecule has 94 valence electrons. The molecule has 0 unspecified atom stereocenters. The van der Waals surface area contributed by atoms with Gasteiger partial charge in [-0.2, -0.15) is 0 Å². The van der Waals surface area contributed by atoms with E-state index in [4.69, 9.17) is 0 Å². The fraction of sp³-hybridized carbons (Fsp3) is 0.167. The summed E-state index contributed by atoms with van der Waals surface area (Å²) in [6, 6.07) is 7.28. The summed E-state index contributed by atoms with van der Waals surface area (Å²) in [5.74, 6) is 0. The predicted molar refractivity (Wildman–Crippen MR) is 66.8 cm³/mol. The molecule has 0 aliphatic rings. The molecule has 0 amide bonds. The van der Waals surface area contributed by atoms with E-state index in [-0.39, 0.29) is 10.9 Å². The van der Waals surface area contributed by atoms with Gasteiger partial charge < -0.3 is 0 Å². The summed E-state index contributed by atoms with van der Waals surface area (Å²) >= 11 is 0. The minimum Gasteiger partial charge on any atom is -0.296 e. The second-order valence-electron chi connectivity index (χ2n) is 4.04. The van der Waals surface area contributed by atoms with Crippen LogP contribution in [0.15, 0.2) is 35.6 Å². The SMILES string of the molecule is Cc1ccc(-n2cc(C=O)nc2S(C)(=O)=O)cc1. The third-order valence-electron chi connectivity index (χ3n) is 2.46. The summed E-state index contributed by atoms with van der Waals surface area (Å²) in [6.07, 6.45) is 3.00. The highest BCUT2D eigenvalue weighted by atomic mass is 32.2. The Kier molecular flexibility index (Phi) is 3.04. The lowest BCUT2D eigenvalue weighted by atomic mass is 10.2. The third kappa shape index (κ3) is 2.33. The highest BCUT2D eigenvalue weighted by molar-refractivity contribution is 7.90. The molecule has 0 saturated carbocycles. The average molecular weight is 264 g/mol. The molecule has 2 aromatic rings. The van der Waals surface area contributed by atoms with Crippen molar-refractivity contribution in [1.82, 2.24) is 9.55 Å². The van der Waals surface area contributed by atoms with Crippen LogP contribution in [0.2, 0.25) is 0 Å². The Morgan fingerprint density at radius 2 is 1.83 bits per heavy atom. The maximum Gasteiger partial charge on any atom is 0.232 e. The molecule has 6 heteroatoms. The van der Waals surface area contributed by atoms with Crippen LogP contribution in [0.25, 0.3) is 5.69 Å². The maximum atomic E-state index is 11.6. The average Bonchev–Trinajstić information content (AvgIpc) is 2.74. The van der Waals surface area contributed by atoms with E-state index in [0.717, 1.165) is 11.8 Å². The summed E-state index contributed by atoms with van der Waals surface area (Å²) in [5.41, 5.74) is 1.81. The molecule has 0 spiro atoms. The maximum absolute atomic E-state index is 11.6.